The van der Waals surface area contributed by atoms with Gasteiger partial charge in [0.05, 0.1) is 26.8 Å². The van der Waals surface area contributed by atoms with Crippen LogP contribution >= 0.6 is 11.3 Å². The van der Waals surface area contributed by atoms with Crippen molar-refractivity contribution in [3.05, 3.63) is 48.3 Å². The van der Waals surface area contributed by atoms with Crippen molar-refractivity contribution < 1.29 is 4.79 Å². The van der Waals surface area contributed by atoms with Gasteiger partial charge in [0.1, 0.15) is 0 Å². The van der Waals surface area contributed by atoms with E-state index < -0.39 is 0 Å². The first-order valence-electron chi connectivity index (χ1n) is 5.25. The van der Waals surface area contributed by atoms with Crippen LogP contribution in [0.25, 0.3) is 21.1 Å². The number of aromatic nitrogens is 2. The Balaban J connectivity index is 1.97. The summed E-state index contributed by atoms with van der Waals surface area (Å²) in [6.07, 6.45) is 2.73. The number of hydrogen-bond acceptors (Lipinski definition) is 2. The molecule has 0 aromatic carbocycles. The van der Waals surface area contributed by atoms with E-state index in [4.69, 9.17) is 0 Å². The van der Waals surface area contributed by atoms with Crippen molar-refractivity contribution in [3.63, 3.8) is 0 Å². The largest absolute Gasteiger partial charge is 0.361 e. The fraction of sp³-hybridized carbons (Fsp3) is 0. The van der Waals surface area contributed by atoms with E-state index in [0.717, 1.165) is 22.6 Å². The summed E-state index contributed by atoms with van der Waals surface area (Å²) < 4.78 is 0. The average Bonchev–Trinajstić information content (AvgIpc) is 3.09. The van der Waals surface area contributed by atoms with Gasteiger partial charge in [0.2, 0.25) is 0 Å². The second kappa shape index (κ2) is 4.07. The highest BCUT2D eigenvalue weighted by Crippen LogP contribution is 2.32. The quantitative estimate of drug-likeness (QED) is 0.678. The maximum Gasteiger partial charge on any atom is 0.166 e. The fourth-order valence-electron chi connectivity index (χ4n) is 1.74. The summed E-state index contributed by atoms with van der Waals surface area (Å²) in [6, 6.07) is 11.9. The van der Waals surface area contributed by atoms with Crippen LogP contribution in [0.2, 0.25) is 0 Å². The number of nitrogens with one attached hydrogen (secondary N) is 2. The second-order valence-corrected chi connectivity index (χ2v) is 4.78. The van der Waals surface area contributed by atoms with Crippen molar-refractivity contribution in [1.82, 2.24) is 9.97 Å². The van der Waals surface area contributed by atoms with E-state index in [1.54, 1.807) is 17.4 Å². The molecule has 84 valence electrons. The summed E-state index contributed by atoms with van der Waals surface area (Å²) in [5, 5.41) is 0. The third kappa shape index (κ3) is 1.83. The molecule has 0 aliphatic heterocycles. The molecule has 0 saturated heterocycles. The van der Waals surface area contributed by atoms with Crippen molar-refractivity contribution in [3.8, 4) is 21.1 Å². The Bertz CT molecular complexity index is 634. The molecule has 0 bridgehead atoms. The van der Waals surface area contributed by atoms with Crippen molar-refractivity contribution in [1.29, 1.82) is 0 Å². The molecule has 0 fully saturated rings. The Morgan fingerprint density at radius 3 is 2.47 bits per heavy atom. The molecule has 2 N–H and O–H groups in total. The molecule has 0 saturated carbocycles. The minimum atomic E-state index is 0.606. The summed E-state index contributed by atoms with van der Waals surface area (Å²) in [5.74, 6) is 0. The normalized spacial score (nSPS) is 10.6. The molecule has 3 aromatic rings. The van der Waals surface area contributed by atoms with Crippen LogP contribution < -0.4 is 0 Å². The van der Waals surface area contributed by atoms with E-state index in [-0.39, 0.29) is 0 Å². The number of carbonyl (C=O) groups is 1. The van der Waals surface area contributed by atoms with Crippen molar-refractivity contribution in [2.24, 2.45) is 0 Å². The van der Waals surface area contributed by atoms with Gasteiger partial charge in [-0.15, -0.1) is 11.3 Å². The van der Waals surface area contributed by atoms with Crippen LogP contribution in [0.4, 0.5) is 0 Å². The van der Waals surface area contributed by atoms with Gasteiger partial charge in [0.15, 0.2) is 6.29 Å². The van der Waals surface area contributed by atoms with Crippen LogP contribution in [0.5, 0.6) is 0 Å². The van der Waals surface area contributed by atoms with Crippen molar-refractivity contribution >= 4 is 17.6 Å². The monoisotopic (exact) mass is 242 g/mol. The minimum absolute atomic E-state index is 0.606. The highest BCUT2D eigenvalue weighted by atomic mass is 32.1. The number of thiophene rings is 1. The molecule has 0 aliphatic carbocycles. The Morgan fingerprint density at radius 2 is 1.82 bits per heavy atom. The van der Waals surface area contributed by atoms with Gasteiger partial charge >= 0.3 is 0 Å². The molecule has 3 nitrogen and oxygen atoms in total. The summed E-state index contributed by atoms with van der Waals surface area (Å²) in [6.45, 7) is 0. The average molecular weight is 242 g/mol. The Kier molecular flexibility index (Phi) is 2.42. The molecule has 0 radical (unpaired) electrons. The molecule has 3 heterocycles. The number of rotatable bonds is 3. The van der Waals surface area contributed by atoms with Gasteiger partial charge in [-0.3, -0.25) is 4.79 Å². The van der Waals surface area contributed by atoms with Crippen LogP contribution in [0.1, 0.15) is 10.5 Å². The third-order valence-electron chi connectivity index (χ3n) is 2.57. The van der Waals surface area contributed by atoms with Gasteiger partial charge in [0.25, 0.3) is 0 Å². The van der Waals surface area contributed by atoms with Crippen molar-refractivity contribution in [2.45, 2.75) is 0 Å². The number of aldehydes is 1. The standard InChI is InChI=1S/C13H10N2OS/c16-8-9-3-4-11(15-9)13-6-5-12(17-13)10-2-1-7-14-10/h1-8,14-15H. The van der Waals surface area contributed by atoms with Gasteiger partial charge in [-0.25, -0.2) is 0 Å². The summed E-state index contributed by atoms with van der Waals surface area (Å²) >= 11 is 1.69. The lowest BCUT2D eigenvalue weighted by Gasteiger charge is -1.91. The van der Waals surface area contributed by atoms with E-state index in [1.165, 1.54) is 4.88 Å². The Labute approximate surface area is 102 Å². The topological polar surface area (TPSA) is 48.6 Å². The molecule has 4 heteroatoms. The predicted octanol–water partition coefficient (Wildman–Crippen LogP) is 3.55. The summed E-state index contributed by atoms with van der Waals surface area (Å²) in [4.78, 5) is 19.2. The second-order valence-electron chi connectivity index (χ2n) is 3.69. The van der Waals surface area contributed by atoms with E-state index in [9.17, 15) is 4.79 Å². The summed E-state index contributed by atoms with van der Waals surface area (Å²) in [5.41, 5.74) is 2.70. The van der Waals surface area contributed by atoms with Gasteiger partial charge in [-0.1, -0.05) is 0 Å². The van der Waals surface area contributed by atoms with Crippen LogP contribution in [-0.4, -0.2) is 16.3 Å². The minimum Gasteiger partial charge on any atom is -0.361 e. The molecule has 0 aliphatic rings. The van der Waals surface area contributed by atoms with E-state index in [1.807, 2.05) is 24.4 Å². The SMILES string of the molecule is O=Cc1ccc(-c2ccc(-c3ccc[nH]3)s2)[nH]1. The van der Waals surface area contributed by atoms with Crippen LogP contribution in [0.3, 0.4) is 0 Å². The predicted molar refractivity (Wildman–Crippen MR) is 69.3 cm³/mol. The lowest BCUT2D eigenvalue weighted by Crippen LogP contribution is -1.77. The van der Waals surface area contributed by atoms with Crippen LogP contribution in [0, 0.1) is 0 Å². The summed E-state index contributed by atoms with van der Waals surface area (Å²) in [7, 11) is 0. The number of aromatic amines is 2. The number of H-pyrrole nitrogens is 2. The van der Waals surface area contributed by atoms with E-state index in [2.05, 4.69) is 22.1 Å². The maximum atomic E-state index is 10.6. The zero-order valence-corrected chi connectivity index (χ0v) is 9.75. The number of hydrogen-bond donors (Lipinski definition) is 2. The fourth-order valence-corrected chi connectivity index (χ4v) is 2.71. The zero-order chi connectivity index (χ0) is 11.7. The van der Waals surface area contributed by atoms with E-state index in [0.29, 0.717) is 5.69 Å². The van der Waals surface area contributed by atoms with Gasteiger partial charge in [0, 0.05) is 6.20 Å². The van der Waals surface area contributed by atoms with Gasteiger partial charge in [-0.05, 0) is 36.4 Å². The molecule has 0 spiro atoms. The molecule has 0 amide bonds. The van der Waals surface area contributed by atoms with Crippen molar-refractivity contribution in [2.75, 3.05) is 0 Å². The Morgan fingerprint density at radius 1 is 1.00 bits per heavy atom. The molecule has 0 atom stereocenters. The molecular weight excluding hydrogens is 232 g/mol. The molecule has 0 unspecified atom stereocenters. The lowest BCUT2D eigenvalue weighted by molar-refractivity contribution is 0.111. The number of carbonyl (C=O) groups excluding carboxylic acids is 1. The zero-order valence-electron chi connectivity index (χ0n) is 8.94. The van der Waals surface area contributed by atoms with Gasteiger partial charge < -0.3 is 9.97 Å². The molecule has 3 rings (SSSR count). The first-order valence-corrected chi connectivity index (χ1v) is 6.06. The van der Waals surface area contributed by atoms with Crippen LogP contribution in [0.15, 0.2) is 42.6 Å². The smallest absolute Gasteiger partial charge is 0.166 e. The highest BCUT2D eigenvalue weighted by Gasteiger charge is 2.06. The first-order chi connectivity index (χ1) is 8.36. The highest BCUT2D eigenvalue weighted by molar-refractivity contribution is 7.18. The lowest BCUT2D eigenvalue weighted by atomic mass is 10.3. The molecular formula is C13H10N2OS. The van der Waals surface area contributed by atoms with Gasteiger partial charge in [-0.2, -0.15) is 0 Å². The maximum absolute atomic E-state index is 10.6. The molecule has 3 aromatic heterocycles. The Hall–Kier alpha value is -2.07. The third-order valence-corrected chi connectivity index (χ3v) is 3.72. The molecule has 17 heavy (non-hydrogen) atoms. The van der Waals surface area contributed by atoms with Crippen LogP contribution in [-0.2, 0) is 0 Å². The van der Waals surface area contributed by atoms with E-state index >= 15 is 0 Å². The first kappa shape index (κ1) is 10.1.